The van der Waals surface area contributed by atoms with Gasteiger partial charge in [-0.2, -0.15) is 31.3 Å². The van der Waals surface area contributed by atoms with Gasteiger partial charge in [-0.1, -0.05) is 17.3 Å². The Bertz CT molecular complexity index is 785. The third-order valence-corrected chi connectivity index (χ3v) is 3.09. The lowest BCUT2D eigenvalue weighted by Gasteiger charge is -2.14. The van der Waals surface area contributed by atoms with Gasteiger partial charge >= 0.3 is 18.2 Å². The molecular weight excluding hydrogens is 372 g/mol. The van der Waals surface area contributed by atoms with E-state index in [1.54, 1.807) is 0 Å². The van der Waals surface area contributed by atoms with Crippen LogP contribution in [0.4, 0.5) is 26.3 Å². The van der Waals surface area contributed by atoms with Crippen molar-refractivity contribution in [3.05, 3.63) is 35.2 Å². The van der Waals surface area contributed by atoms with E-state index in [0.717, 1.165) is 12.1 Å². The first-order chi connectivity index (χ1) is 12.0. The molecule has 2 aromatic rings. The van der Waals surface area contributed by atoms with Crippen molar-refractivity contribution in [2.45, 2.75) is 18.9 Å². The molecule has 0 fully saturated rings. The van der Waals surface area contributed by atoms with E-state index in [0.29, 0.717) is 6.07 Å². The number of rotatable bonds is 5. The molecule has 6 nitrogen and oxygen atoms in total. The Kier molecular flexibility index (Phi) is 5.54. The lowest BCUT2D eigenvalue weighted by molar-refractivity contribution is -0.159. The second-order valence-corrected chi connectivity index (χ2v) is 5.00. The number of benzene rings is 1. The van der Waals surface area contributed by atoms with E-state index >= 15 is 0 Å². The molecule has 0 atom stereocenters. The van der Waals surface area contributed by atoms with Crippen molar-refractivity contribution in [2.24, 2.45) is 0 Å². The fourth-order valence-electron chi connectivity index (χ4n) is 1.97. The Balaban J connectivity index is 2.33. The lowest BCUT2D eigenvalue weighted by atomic mass is 10.0. The summed E-state index contributed by atoms with van der Waals surface area (Å²) in [5, 5.41) is 5.28. The number of halogens is 6. The van der Waals surface area contributed by atoms with Gasteiger partial charge in [0.05, 0.1) is 5.56 Å². The summed E-state index contributed by atoms with van der Waals surface area (Å²) < 4.78 is 85.6. The smallest absolute Gasteiger partial charge is 0.375 e. The van der Waals surface area contributed by atoms with Crippen molar-refractivity contribution in [1.29, 1.82) is 0 Å². The van der Waals surface area contributed by atoms with Gasteiger partial charge in [0.25, 0.3) is 0 Å². The highest BCUT2D eigenvalue weighted by Crippen LogP contribution is 2.35. The minimum Gasteiger partial charge on any atom is -0.375 e. The Morgan fingerprint density at radius 3 is 2.42 bits per heavy atom. The summed E-state index contributed by atoms with van der Waals surface area (Å²) in [5.41, 5.74) is -1.75. The summed E-state index contributed by atoms with van der Waals surface area (Å²) in [7, 11) is 1.25. The molecule has 0 radical (unpaired) electrons. The molecule has 0 saturated heterocycles. The molecule has 26 heavy (non-hydrogen) atoms. The van der Waals surface area contributed by atoms with Crippen LogP contribution in [0.3, 0.4) is 0 Å². The summed E-state index contributed by atoms with van der Waals surface area (Å²) >= 11 is 0. The first-order valence-corrected chi connectivity index (χ1v) is 6.89. The zero-order chi connectivity index (χ0) is 19.5. The third-order valence-electron chi connectivity index (χ3n) is 3.09. The van der Waals surface area contributed by atoms with Crippen LogP contribution in [0.2, 0.25) is 0 Å². The molecule has 1 heterocycles. The van der Waals surface area contributed by atoms with Gasteiger partial charge in [0.15, 0.2) is 0 Å². The maximum absolute atomic E-state index is 13.2. The first kappa shape index (κ1) is 19.7. The van der Waals surface area contributed by atoms with E-state index in [9.17, 15) is 31.1 Å². The highest BCUT2D eigenvalue weighted by molar-refractivity contribution is 5.77. The van der Waals surface area contributed by atoms with Gasteiger partial charge in [0.1, 0.15) is 6.61 Å². The molecule has 1 N–H and O–H groups in total. The minimum absolute atomic E-state index is 0.287. The average molecular weight is 383 g/mol. The number of carbonyl (C=O) groups excluding carboxylic acids is 1. The van der Waals surface area contributed by atoms with Gasteiger partial charge in [0.2, 0.25) is 11.7 Å². The minimum atomic E-state index is -4.91. The Hall–Kier alpha value is -2.63. The number of carbonyl (C=O) groups is 1. The van der Waals surface area contributed by atoms with Crippen LogP contribution in [-0.2, 0) is 28.4 Å². The first-order valence-electron chi connectivity index (χ1n) is 6.89. The molecule has 0 bridgehead atoms. The van der Waals surface area contributed by atoms with Crippen molar-refractivity contribution >= 4 is 5.91 Å². The Labute approximate surface area is 142 Å². The van der Waals surface area contributed by atoms with Crippen molar-refractivity contribution < 1.29 is 40.4 Å². The molecule has 0 aliphatic heterocycles. The van der Waals surface area contributed by atoms with Gasteiger partial charge in [-0.15, -0.1) is 0 Å². The van der Waals surface area contributed by atoms with Crippen molar-refractivity contribution in [3.63, 3.8) is 0 Å². The van der Waals surface area contributed by atoms with Crippen LogP contribution >= 0.6 is 0 Å². The van der Waals surface area contributed by atoms with Gasteiger partial charge in [0, 0.05) is 19.2 Å². The number of alkyl halides is 6. The summed E-state index contributed by atoms with van der Waals surface area (Å²) in [6.45, 7) is -0.778. The monoisotopic (exact) mass is 383 g/mol. The van der Waals surface area contributed by atoms with Crippen LogP contribution in [0.5, 0.6) is 0 Å². The molecule has 1 aromatic heterocycles. The van der Waals surface area contributed by atoms with E-state index in [-0.39, 0.29) is 17.7 Å². The van der Waals surface area contributed by atoms with Crippen LogP contribution in [0, 0.1) is 0 Å². The van der Waals surface area contributed by atoms with Gasteiger partial charge in [-0.05, 0) is 11.6 Å². The number of hydrogen-bond donors (Lipinski definition) is 1. The molecule has 12 heteroatoms. The number of hydrogen-bond acceptors (Lipinski definition) is 5. The van der Waals surface area contributed by atoms with Gasteiger partial charge in [-0.25, -0.2) is 0 Å². The molecule has 2 rings (SSSR count). The summed E-state index contributed by atoms with van der Waals surface area (Å²) in [5.74, 6) is -2.94. The second kappa shape index (κ2) is 7.32. The normalized spacial score (nSPS) is 12.3. The molecular formula is C14H11F6N3O3. The second-order valence-electron chi connectivity index (χ2n) is 5.00. The van der Waals surface area contributed by atoms with Crippen molar-refractivity contribution in [2.75, 3.05) is 13.7 Å². The van der Waals surface area contributed by atoms with Crippen molar-refractivity contribution in [1.82, 2.24) is 15.5 Å². The third kappa shape index (κ3) is 4.71. The van der Waals surface area contributed by atoms with E-state index in [4.69, 9.17) is 0 Å². The predicted octanol–water partition coefficient (Wildman–Crippen LogP) is 3.04. The largest absolute Gasteiger partial charge is 0.471 e. The predicted molar refractivity (Wildman–Crippen MR) is 73.5 cm³/mol. The maximum Gasteiger partial charge on any atom is 0.471 e. The lowest BCUT2D eigenvalue weighted by Crippen LogP contribution is -2.27. The topological polar surface area (TPSA) is 77.2 Å². The van der Waals surface area contributed by atoms with Gasteiger partial charge in [-0.3, -0.25) is 4.79 Å². The highest BCUT2D eigenvalue weighted by atomic mass is 19.4. The Morgan fingerprint density at radius 1 is 1.19 bits per heavy atom. The van der Waals surface area contributed by atoms with E-state index in [1.165, 1.54) is 7.11 Å². The standard InChI is InChI=1S/C14H11F6N3O3/c1-25-6-10(24)21-5-8-3-2-7(4-9(8)13(15,16)17)11-22-12(26-23-11)14(18,19)20/h2-4H,5-6H2,1H3,(H,21,24). The summed E-state index contributed by atoms with van der Waals surface area (Å²) in [6, 6.07) is 2.69. The van der Waals surface area contributed by atoms with Crippen LogP contribution in [0.15, 0.2) is 22.7 Å². The average Bonchev–Trinajstić information content (AvgIpc) is 3.02. The number of amides is 1. The molecule has 0 aliphatic carbocycles. The SMILES string of the molecule is COCC(=O)NCc1ccc(-c2noc(C(F)(F)F)n2)cc1C(F)(F)F. The Morgan fingerprint density at radius 2 is 1.88 bits per heavy atom. The van der Waals surface area contributed by atoms with E-state index < -0.39 is 42.1 Å². The highest BCUT2D eigenvalue weighted by Gasteiger charge is 2.39. The number of ether oxygens (including phenoxy) is 1. The van der Waals surface area contributed by atoms with Crippen LogP contribution < -0.4 is 5.32 Å². The van der Waals surface area contributed by atoms with E-state index in [2.05, 4.69) is 24.7 Å². The maximum atomic E-state index is 13.2. The van der Waals surface area contributed by atoms with Crippen molar-refractivity contribution in [3.8, 4) is 11.4 Å². The summed E-state index contributed by atoms with van der Waals surface area (Å²) in [4.78, 5) is 14.4. The van der Waals surface area contributed by atoms with Crippen LogP contribution in [0.25, 0.3) is 11.4 Å². The molecule has 0 aliphatic rings. The quantitative estimate of drug-likeness (QED) is 0.804. The molecule has 0 spiro atoms. The molecule has 1 aromatic carbocycles. The van der Waals surface area contributed by atoms with E-state index in [1.807, 2.05) is 0 Å². The number of aromatic nitrogens is 2. The molecule has 142 valence electrons. The molecule has 0 saturated carbocycles. The van der Waals surface area contributed by atoms with Crippen LogP contribution in [-0.4, -0.2) is 29.8 Å². The van der Waals surface area contributed by atoms with Gasteiger partial charge < -0.3 is 14.6 Å². The zero-order valence-corrected chi connectivity index (χ0v) is 13.0. The molecule has 1 amide bonds. The van der Waals surface area contributed by atoms with Crippen LogP contribution in [0.1, 0.15) is 17.0 Å². The number of nitrogens with one attached hydrogen (secondary N) is 1. The molecule has 0 unspecified atom stereocenters. The summed E-state index contributed by atoms with van der Waals surface area (Å²) in [6.07, 6.45) is -9.72. The number of nitrogens with zero attached hydrogens (tertiary/aromatic N) is 2. The fraction of sp³-hybridized carbons (Fsp3) is 0.357. The fourth-order valence-corrected chi connectivity index (χ4v) is 1.97. The zero-order valence-electron chi connectivity index (χ0n) is 13.0. The number of methoxy groups -OCH3 is 1.